The molecule has 0 spiro atoms. The number of ether oxygens (including phenoxy) is 1. The van der Waals surface area contributed by atoms with Crippen LogP contribution in [0.4, 0.5) is 0 Å². The Kier molecular flexibility index (Phi) is 4.04. The summed E-state index contributed by atoms with van der Waals surface area (Å²) in [6.07, 6.45) is 6.17. The molecule has 0 radical (unpaired) electrons. The number of para-hydroxylation sites is 1. The highest BCUT2D eigenvalue weighted by molar-refractivity contribution is 5.21. The fourth-order valence-corrected chi connectivity index (χ4v) is 3.32. The first-order valence-electron chi connectivity index (χ1n) is 7.47. The number of likely N-dealkylation sites (tertiary alicyclic amines) is 1. The van der Waals surface area contributed by atoms with Crippen molar-refractivity contribution < 1.29 is 9.84 Å². The molecule has 3 rings (SSSR count). The van der Waals surface area contributed by atoms with Crippen molar-refractivity contribution in [2.24, 2.45) is 0 Å². The van der Waals surface area contributed by atoms with Crippen molar-refractivity contribution in [3.05, 3.63) is 30.3 Å². The molecule has 2 fully saturated rings. The molecule has 0 bridgehead atoms. The van der Waals surface area contributed by atoms with Crippen molar-refractivity contribution in [3.8, 4) is 5.75 Å². The normalized spacial score (nSPS) is 29.5. The molecular formula is C16H23NO2. The van der Waals surface area contributed by atoms with Crippen molar-refractivity contribution in [2.45, 2.75) is 50.4 Å². The Morgan fingerprint density at radius 1 is 1.00 bits per heavy atom. The topological polar surface area (TPSA) is 32.7 Å². The van der Waals surface area contributed by atoms with Gasteiger partial charge in [-0.2, -0.15) is 0 Å². The molecule has 1 heterocycles. The van der Waals surface area contributed by atoms with E-state index >= 15 is 0 Å². The van der Waals surface area contributed by atoms with Gasteiger partial charge in [-0.25, -0.2) is 0 Å². The molecule has 1 aromatic carbocycles. The molecule has 0 aromatic heterocycles. The van der Waals surface area contributed by atoms with E-state index in [0.717, 1.165) is 18.8 Å². The Bertz CT molecular complexity index is 389. The molecule has 0 amide bonds. The molecule has 1 saturated carbocycles. The zero-order valence-corrected chi connectivity index (χ0v) is 11.4. The van der Waals surface area contributed by atoms with Gasteiger partial charge in [0.1, 0.15) is 18.0 Å². The standard InChI is InChI=1S/C16H23NO2/c18-15-11-17(13-7-3-1-4-8-13)12-16(15)19-14-9-5-2-6-10-14/h2,5-6,9-10,13,15-16,18H,1,3-4,7-8,11-12H2/t15-,16-/m1/s1. The summed E-state index contributed by atoms with van der Waals surface area (Å²) in [5.74, 6) is 0.858. The second-order valence-corrected chi connectivity index (χ2v) is 5.78. The third-order valence-corrected chi connectivity index (χ3v) is 4.39. The van der Waals surface area contributed by atoms with E-state index in [4.69, 9.17) is 4.74 Å². The van der Waals surface area contributed by atoms with Gasteiger partial charge in [0.25, 0.3) is 0 Å². The smallest absolute Gasteiger partial charge is 0.138 e. The van der Waals surface area contributed by atoms with Crippen molar-refractivity contribution >= 4 is 0 Å². The summed E-state index contributed by atoms with van der Waals surface area (Å²) >= 11 is 0. The maximum atomic E-state index is 10.2. The van der Waals surface area contributed by atoms with Gasteiger partial charge in [0.05, 0.1) is 0 Å². The number of β-amino-alcohol motifs (C(OH)–C–C–N with tert-alkyl or cyclic N) is 1. The lowest BCUT2D eigenvalue weighted by atomic mass is 9.94. The molecule has 0 unspecified atom stereocenters. The summed E-state index contributed by atoms with van der Waals surface area (Å²) < 4.78 is 5.92. The quantitative estimate of drug-likeness (QED) is 0.907. The molecule has 2 aliphatic rings. The van der Waals surface area contributed by atoms with Crippen LogP contribution < -0.4 is 4.74 Å². The van der Waals surface area contributed by atoms with Crippen molar-refractivity contribution in [3.63, 3.8) is 0 Å². The van der Waals surface area contributed by atoms with Crippen LogP contribution in [0.15, 0.2) is 30.3 Å². The molecule has 3 nitrogen and oxygen atoms in total. The fraction of sp³-hybridized carbons (Fsp3) is 0.625. The van der Waals surface area contributed by atoms with Gasteiger partial charge in [-0.3, -0.25) is 4.90 Å². The van der Waals surface area contributed by atoms with E-state index in [1.807, 2.05) is 30.3 Å². The number of nitrogens with zero attached hydrogens (tertiary/aromatic N) is 1. The van der Waals surface area contributed by atoms with Gasteiger partial charge in [0.15, 0.2) is 0 Å². The lowest BCUT2D eigenvalue weighted by Crippen LogP contribution is -2.36. The van der Waals surface area contributed by atoms with E-state index in [0.29, 0.717) is 6.04 Å². The second kappa shape index (κ2) is 5.93. The zero-order valence-electron chi connectivity index (χ0n) is 11.4. The van der Waals surface area contributed by atoms with Gasteiger partial charge in [-0.1, -0.05) is 37.5 Å². The minimum Gasteiger partial charge on any atom is -0.486 e. The molecule has 1 aliphatic heterocycles. The van der Waals surface area contributed by atoms with Gasteiger partial charge in [-0.15, -0.1) is 0 Å². The average molecular weight is 261 g/mol. The van der Waals surface area contributed by atoms with E-state index in [2.05, 4.69) is 4.90 Å². The van der Waals surface area contributed by atoms with Crippen LogP contribution in [0.3, 0.4) is 0 Å². The van der Waals surface area contributed by atoms with Crippen LogP contribution in [-0.4, -0.2) is 41.3 Å². The van der Waals surface area contributed by atoms with E-state index in [9.17, 15) is 5.11 Å². The maximum absolute atomic E-state index is 10.2. The van der Waals surface area contributed by atoms with Crippen molar-refractivity contribution in [2.75, 3.05) is 13.1 Å². The van der Waals surface area contributed by atoms with Crippen molar-refractivity contribution in [1.82, 2.24) is 4.90 Å². The van der Waals surface area contributed by atoms with Crippen LogP contribution >= 0.6 is 0 Å². The molecular weight excluding hydrogens is 238 g/mol. The molecule has 1 aromatic rings. The SMILES string of the molecule is O[C@@H]1CN(C2CCCCC2)C[C@H]1Oc1ccccc1. The fourth-order valence-electron chi connectivity index (χ4n) is 3.32. The van der Waals surface area contributed by atoms with Gasteiger partial charge in [0.2, 0.25) is 0 Å². The predicted octanol–water partition coefficient (Wildman–Crippen LogP) is 2.44. The number of rotatable bonds is 3. The Hall–Kier alpha value is -1.06. The summed E-state index contributed by atoms with van der Waals surface area (Å²) in [7, 11) is 0. The molecule has 19 heavy (non-hydrogen) atoms. The summed E-state index contributed by atoms with van der Waals surface area (Å²) in [6, 6.07) is 10.5. The number of hydrogen-bond donors (Lipinski definition) is 1. The Labute approximate surface area is 115 Å². The first kappa shape index (κ1) is 12.9. The number of aliphatic hydroxyl groups is 1. The largest absolute Gasteiger partial charge is 0.486 e. The first-order chi connectivity index (χ1) is 9.33. The zero-order chi connectivity index (χ0) is 13.1. The van der Waals surface area contributed by atoms with E-state index in [1.54, 1.807) is 0 Å². The summed E-state index contributed by atoms with van der Waals surface area (Å²) in [5, 5.41) is 10.2. The number of benzene rings is 1. The Morgan fingerprint density at radius 2 is 1.74 bits per heavy atom. The lowest BCUT2D eigenvalue weighted by molar-refractivity contribution is 0.0736. The second-order valence-electron chi connectivity index (χ2n) is 5.78. The molecule has 1 saturated heterocycles. The molecule has 1 N–H and O–H groups in total. The van der Waals surface area contributed by atoms with Gasteiger partial charge >= 0.3 is 0 Å². The molecule has 3 heteroatoms. The first-order valence-corrected chi connectivity index (χ1v) is 7.47. The highest BCUT2D eigenvalue weighted by Crippen LogP contribution is 2.27. The third-order valence-electron chi connectivity index (χ3n) is 4.39. The van der Waals surface area contributed by atoms with Crippen molar-refractivity contribution in [1.29, 1.82) is 0 Å². The number of hydrogen-bond acceptors (Lipinski definition) is 3. The maximum Gasteiger partial charge on any atom is 0.138 e. The van der Waals surface area contributed by atoms with E-state index < -0.39 is 0 Å². The molecule has 2 atom stereocenters. The van der Waals surface area contributed by atoms with Crippen LogP contribution in [0.1, 0.15) is 32.1 Å². The van der Waals surface area contributed by atoms with Crippen LogP contribution in [-0.2, 0) is 0 Å². The average Bonchev–Trinajstić information content (AvgIpc) is 2.82. The van der Waals surface area contributed by atoms with Crippen LogP contribution in [0.5, 0.6) is 5.75 Å². The predicted molar refractivity (Wildman–Crippen MR) is 75.3 cm³/mol. The van der Waals surface area contributed by atoms with Gasteiger partial charge < -0.3 is 9.84 Å². The van der Waals surface area contributed by atoms with Crippen LogP contribution in [0.2, 0.25) is 0 Å². The minimum atomic E-state index is -0.359. The Morgan fingerprint density at radius 3 is 2.47 bits per heavy atom. The minimum absolute atomic E-state index is 0.0793. The summed E-state index contributed by atoms with van der Waals surface area (Å²) in [5.41, 5.74) is 0. The van der Waals surface area contributed by atoms with E-state index in [-0.39, 0.29) is 12.2 Å². The highest BCUT2D eigenvalue weighted by Gasteiger charge is 2.36. The third kappa shape index (κ3) is 3.10. The lowest BCUT2D eigenvalue weighted by Gasteiger charge is -2.30. The summed E-state index contributed by atoms with van der Waals surface area (Å²) in [6.45, 7) is 1.63. The molecule has 1 aliphatic carbocycles. The van der Waals surface area contributed by atoms with Gasteiger partial charge in [-0.05, 0) is 25.0 Å². The highest BCUT2D eigenvalue weighted by atomic mass is 16.5. The van der Waals surface area contributed by atoms with Crippen LogP contribution in [0, 0.1) is 0 Å². The van der Waals surface area contributed by atoms with Gasteiger partial charge in [0, 0.05) is 19.1 Å². The van der Waals surface area contributed by atoms with Crippen LogP contribution in [0.25, 0.3) is 0 Å². The van der Waals surface area contributed by atoms with E-state index in [1.165, 1.54) is 32.1 Å². The summed E-state index contributed by atoms with van der Waals surface area (Å²) in [4.78, 5) is 2.43. The number of aliphatic hydroxyl groups excluding tert-OH is 1. The molecule has 104 valence electrons. The monoisotopic (exact) mass is 261 g/mol. The Balaban J connectivity index is 1.58.